The van der Waals surface area contributed by atoms with Gasteiger partial charge >= 0.3 is 5.97 Å². The minimum atomic E-state index is -0.920. The zero-order chi connectivity index (χ0) is 22.5. The number of ether oxygens (including phenoxy) is 1. The highest BCUT2D eigenvalue weighted by atomic mass is 16.5. The van der Waals surface area contributed by atoms with Crippen molar-refractivity contribution in [1.82, 2.24) is 15.1 Å². The maximum Gasteiger partial charge on any atom is 0.333 e. The Morgan fingerprint density at radius 1 is 1.03 bits per heavy atom. The Morgan fingerprint density at radius 2 is 1.74 bits per heavy atom. The standard InChI is InChI=1S/C25H29N3O3/c1-6-31-25(30)24(26-22(29)15-20-13-12-16(2)17(3)14-20)23-18(4)27-28(19(23)5)21-10-8-7-9-11-21/h7-14,24H,6,15H2,1-5H3,(H,26,29)/t24-/m1/s1. The Bertz CT molecular complexity index is 1090. The molecule has 0 unspecified atom stereocenters. The Hall–Kier alpha value is -3.41. The molecule has 3 aromatic rings. The van der Waals surface area contributed by atoms with Gasteiger partial charge in [0, 0.05) is 11.3 Å². The highest BCUT2D eigenvalue weighted by Crippen LogP contribution is 2.25. The number of rotatable bonds is 7. The molecule has 2 aromatic carbocycles. The van der Waals surface area contributed by atoms with Crippen LogP contribution in [0.3, 0.4) is 0 Å². The number of hydrogen-bond acceptors (Lipinski definition) is 4. The quantitative estimate of drug-likeness (QED) is 0.586. The molecule has 0 aliphatic rings. The third-order valence-corrected chi connectivity index (χ3v) is 5.40. The second kappa shape index (κ2) is 9.60. The Labute approximate surface area is 183 Å². The highest BCUT2D eigenvalue weighted by molar-refractivity contribution is 5.87. The average Bonchev–Trinajstić information content (AvgIpc) is 3.04. The molecule has 6 heteroatoms. The fourth-order valence-electron chi connectivity index (χ4n) is 3.68. The van der Waals surface area contributed by atoms with E-state index in [9.17, 15) is 9.59 Å². The molecule has 0 saturated heterocycles. The first-order chi connectivity index (χ1) is 14.8. The number of benzene rings is 2. The molecular weight excluding hydrogens is 390 g/mol. The van der Waals surface area contributed by atoms with Crippen molar-refractivity contribution in [3.05, 3.63) is 82.2 Å². The topological polar surface area (TPSA) is 73.2 Å². The largest absolute Gasteiger partial charge is 0.464 e. The molecule has 6 nitrogen and oxygen atoms in total. The number of nitrogens with zero attached hydrogens (tertiary/aromatic N) is 2. The van der Waals surface area contributed by atoms with Crippen LogP contribution >= 0.6 is 0 Å². The van der Waals surface area contributed by atoms with E-state index in [2.05, 4.69) is 10.4 Å². The summed E-state index contributed by atoms with van der Waals surface area (Å²) in [6.45, 7) is 9.76. The van der Waals surface area contributed by atoms with Gasteiger partial charge in [-0.2, -0.15) is 5.10 Å². The minimum absolute atomic E-state index is 0.182. The number of hydrogen-bond donors (Lipinski definition) is 1. The van der Waals surface area contributed by atoms with E-state index >= 15 is 0 Å². The first-order valence-corrected chi connectivity index (χ1v) is 10.5. The van der Waals surface area contributed by atoms with Crippen molar-refractivity contribution in [2.24, 2.45) is 0 Å². The van der Waals surface area contributed by atoms with E-state index in [-0.39, 0.29) is 18.9 Å². The lowest BCUT2D eigenvalue weighted by atomic mass is 10.0. The Morgan fingerprint density at radius 3 is 2.39 bits per heavy atom. The van der Waals surface area contributed by atoms with Crippen molar-refractivity contribution in [3.63, 3.8) is 0 Å². The van der Waals surface area contributed by atoms with Gasteiger partial charge in [0.1, 0.15) is 0 Å². The molecule has 31 heavy (non-hydrogen) atoms. The van der Waals surface area contributed by atoms with E-state index in [1.165, 1.54) is 5.56 Å². The van der Waals surface area contributed by atoms with Gasteiger partial charge in [-0.25, -0.2) is 9.48 Å². The van der Waals surface area contributed by atoms with Gasteiger partial charge in [-0.15, -0.1) is 0 Å². The maximum absolute atomic E-state index is 12.9. The molecule has 0 spiro atoms. The van der Waals surface area contributed by atoms with Crippen LogP contribution in [0.4, 0.5) is 0 Å². The SMILES string of the molecule is CCOC(=O)[C@H](NC(=O)Cc1ccc(C)c(C)c1)c1c(C)nn(-c2ccccc2)c1C. The van der Waals surface area contributed by atoms with Crippen LogP contribution in [0.1, 0.15) is 46.6 Å². The van der Waals surface area contributed by atoms with E-state index in [0.717, 1.165) is 22.5 Å². The van der Waals surface area contributed by atoms with E-state index in [0.29, 0.717) is 11.3 Å². The summed E-state index contributed by atoms with van der Waals surface area (Å²) in [5.41, 5.74) is 6.21. The third kappa shape index (κ3) is 5.02. The van der Waals surface area contributed by atoms with Gasteiger partial charge in [-0.1, -0.05) is 36.4 Å². The fourth-order valence-corrected chi connectivity index (χ4v) is 3.68. The average molecular weight is 420 g/mol. The summed E-state index contributed by atoms with van der Waals surface area (Å²) in [6.07, 6.45) is 0.182. The molecule has 1 N–H and O–H groups in total. The molecule has 0 aliphatic heterocycles. The number of esters is 1. The van der Waals surface area contributed by atoms with Crippen molar-refractivity contribution < 1.29 is 14.3 Å². The predicted octanol–water partition coefficient (Wildman–Crippen LogP) is 4.07. The second-order valence-corrected chi connectivity index (χ2v) is 7.68. The monoisotopic (exact) mass is 419 g/mol. The molecule has 3 rings (SSSR count). The minimum Gasteiger partial charge on any atom is -0.464 e. The van der Waals surface area contributed by atoms with Crippen LogP contribution in [0, 0.1) is 27.7 Å². The lowest BCUT2D eigenvalue weighted by Crippen LogP contribution is -2.36. The summed E-state index contributed by atoms with van der Waals surface area (Å²) in [6, 6.07) is 14.7. The molecule has 1 atom stereocenters. The van der Waals surface area contributed by atoms with Crippen molar-refractivity contribution in [3.8, 4) is 5.69 Å². The summed E-state index contributed by atoms with van der Waals surface area (Å²) in [4.78, 5) is 25.7. The van der Waals surface area contributed by atoms with Crippen molar-refractivity contribution in [2.45, 2.75) is 47.1 Å². The van der Waals surface area contributed by atoms with Gasteiger partial charge in [0.05, 0.1) is 24.4 Å². The first-order valence-electron chi connectivity index (χ1n) is 10.5. The van der Waals surface area contributed by atoms with Crippen LogP contribution in [0.15, 0.2) is 48.5 Å². The van der Waals surface area contributed by atoms with Gasteiger partial charge in [-0.3, -0.25) is 4.79 Å². The molecule has 0 radical (unpaired) electrons. The molecule has 0 saturated carbocycles. The number of para-hydroxylation sites is 1. The molecule has 1 amide bonds. The fraction of sp³-hybridized carbons (Fsp3) is 0.320. The summed E-state index contributed by atoms with van der Waals surface area (Å²) in [5.74, 6) is -0.734. The molecule has 1 aromatic heterocycles. The van der Waals surface area contributed by atoms with Gasteiger partial charge in [0.15, 0.2) is 6.04 Å². The summed E-state index contributed by atoms with van der Waals surface area (Å²) in [7, 11) is 0. The number of carbonyl (C=O) groups excluding carboxylic acids is 2. The van der Waals surface area contributed by atoms with Crippen LogP contribution < -0.4 is 5.32 Å². The lowest BCUT2D eigenvalue weighted by molar-refractivity contribution is -0.147. The van der Waals surface area contributed by atoms with Crippen molar-refractivity contribution >= 4 is 11.9 Å². The van der Waals surface area contributed by atoms with E-state index in [4.69, 9.17) is 4.74 Å². The molecule has 162 valence electrons. The number of aromatic nitrogens is 2. The number of amides is 1. The van der Waals surface area contributed by atoms with E-state index in [1.807, 2.05) is 76.2 Å². The number of nitrogens with one attached hydrogen (secondary N) is 1. The second-order valence-electron chi connectivity index (χ2n) is 7.68. The van der Waals surface area contributed by atoms with Crippen LogP contribution in [-0.4, -0.2) is 28.3 Å². The van der Waals surface area contributed by atoms with Gasteiger partial charge < -0.3 is 10.1 Å². The van der Waals surface area contributed by atoms with Crippen LogP contribution in [0.2, 0.25) is 0 Å². The number of aryl methyl sites for hydroxylation is 3. The maximum atomic E-state index is 12.9. The predicted molar refractivity (Wildman–Crippen MR) is 120 cm³/mol. The first kappa shape index (κ1) is 22.3. The normalized spacial score (nSPS) is 11.8. The number of carbonyl (C=O) groups is 2. The van der Waals surface area contributed by atoms with Crippen molar-refractivity contribution in [2.75, 3.05) is 6.61 Å². The molecular formula is C25H29N3O3. The van der Waals surface area contributed by atoms with Gasteiger partial charge in [-0.05, 0) is 63.4 Å². The Balaban J connectivity index is 1.91. The van der Waals surface area contributed by atoms with Crippen LogP contribution in [-0.2, 0) is 20.7 Å². The molecule has 1 heterocycles. The zero-order valence-electron chi connectivity index (χ0n) is 18.7. The van der Waals surface area contributed by atoms with Gasteiger partial charge in [0.25, 0.3) is 0 Å². The van der Waals surface area contributed by atoms with Crippen molar-refractivity contribution in [1.29, 1.82) is 0 Å². The van der Waals surface area contributed by atoms with E-state index in [1.54, 1.807) is 11.6 Å². The summed E-state index contributed by atoms with van der Waals surface area (Å²) < 4.78 is 7.06. The lowest BCUT2D eigenvalue weighted by Gasteiger charge is -2.18. The van der Waals surface area contributed by atoms with Crippen LogP contribution in [0.5, 0.6) is 0 Å². The molecule has 0 aliphatic carbocycles. The smallest absolute Gasteiger partial charge is 0.333 e. The van der Waals surface area contributed by atoms with E-state index < -0.39 is 12.0 Å². The molecule has 0 fully saturated rings. The molecule has 0 bridgehead atoms. The highest BCUT2D eigenvalue weighted by Gasteiger charge is 2.30. The zero-order valence-corrected chi connectivity index (χ0v) is 18.7. The Kier molecular flexibility index (Phi) is 6.90. The van der Waals surface area contributed by atoms with Gasteiger partial charge in [0.2, 0.25) is 5.91 Å². The third-order valence-electron chi connectivity index (χ3n) is 5.40. The summed E-state index contributed by atoms with van der Waals surface area (Å²) >= 11 is 0. The summed E-state index contributed by atoms with van der Waals surface area (Å²) in [5, 5.41) is 7.49. The van der Waals surface area contributed by atoms with Crippen LogP contribution in [0.25, 0.3) is 5.69 Å².